The minimum absolute atomic E-state index is 0.0186. The van der Waals surface area contributed by atoms with Crippen LogP contribution in [0, 0.1) is 11.3 Å². The van der Waals surface area contributed by atoms with E-state index in [0.717, 1.165) is 16.9 Å². The van der Waals surface area contributed by atoms with Gasteiger partial charge in [-0.1, -0.05) is 30.3 Å². The third-order valence-corrected chi connectivity index (χ3v) is 2.92. The van der Waals surface area contributed by atoms with Crippen LogP contribution < -0.4 is 10.5 Å². The zero-order valence-electron chi connectivity index (χ0n) is 10.8. The summed E-state index contributed by atoms with van der Waals surface area (Å²) in [5.74, 6) is 0.766. The summed E-state index contributed by atoms with van der Waals surface area (Å²) in [6, 6.07) is 17.3. The lowest BCUT2D eigenvalue weighted by Gasteiger charge is -2.10. The SMILES string of the molecule is C[C@@H](N)c1cccc(OCc2ccccc2C#N)c1. The first-order valence-corrected chi connectivity index (χ1v) is 6.17. The Morgan fingerprint density at radius 3 is 2.74 bits per heavy atom. The number of ether oxygens (including phenoxy) is 1. The van der Waals surface area contributed by atoms with Crippen LogP contribution in [0.2, 0.25) is 0 Å². The van der Waals surface area contributed by atoms with Gasteiger partial charge in [-0.2, -0.15) is 5.26 Å². The molecule has 3 nitrogen and oxygen atoms in total. The summed E-state index contributed by atoms with van der Waals surface area (Å²) in [7, 11) is 0. The Balaban J connectivity index is 2.11. The molecule has 0 saturated heterocycles. The van der Waals surface area contributed by atoms with Gasteiger partial charge in [-0.3, -0.25) is 0 Å². The number of benzene rings is 2. The van der Waals surface area contributed by atoms with Crippen molar-refractivity contribution >= 4 is 0 Å². The number of nitrogens with two attached hydrogens (primary N) is 1. The summed E-state index contributed by atoms with van der Waals surface area (Å²) in [6.45, 7) is 2.32. The van der Waals surface area contributed by atoms with E-state index in [4.69, 9.17) is 15.7 Å². The highest BCUT2D eigenvalue weighted by molar-refractivity contribution is 5.37. The molecule has 0 aliphatic rings. The minimum atomic E-state index is -0.0186. The van der Waals surface area contributed by atoms with Gasteiger partial charge in [-0.15, -0.1) is 0 Å². The van der Waals surface area contributed by atoms with Crippen molar-refractivity contribution in [2.24, 2.45) is 5.73 Å². The Hall–Kier alpha value is -2.31. The maximum atomic E-state index is 9.01. The van der Waals surface area contributed by atoms with E-state index in [1.807, 2.05) is 49.4 Å². The summed E-state index contributed by atoms with van der Waals surface area (Å²) < 4.78 is 5.72. The molecule has 1 atom stereocenters. The molecule has 0 fully saturated rings. The molecule has 0 amide bonds. The van der Waals surface area contributed by atoms with Crippen molar-refractivity contribution in [3.63, 3.8) is 0 Å². The molecule has 0 aliphatic carbocycles. The average Bonchev–Trinajstić information content (AvgIpc) is 2.45. The van der Waals surface area contributed by atoms with Crippen LogP contribution >= 0.6 is 0 Å². The van der Waals surface area contributed by atoms with Crippen molar-refractivity contribution in [3.8, 4) is 11.8 Å². The van der Waals surface area contributed by atoms with Crippen LogP contribution in [0.4, 0.5) is 0 Å². The van der Waals surface area contributed by atoms with Gasteiger partial charge in [0.2, 0.25) is 0 Å². The van der Waals surface area contributed by atoms with Gasteiger partial charge < -0.3 is 10.5 Å². The van der Waals surface area contributed by atoms with Gasteiger partial charge in [-0.25, -0.2) is 0 Å². The van der Waals surface area contributed by atoms with Crippen molar-refractivity contribution in [3.05, 3.63) is 65.2 Å². The molecular weight excluding hydrogens is 236 g/mol. The van der Waals surface area contributed by atoms with Crippen molar-refractivity contribution in [1.29, 1.82) is 5.26 Å². The van der Waals surface area contributed by atoms with E-state index in [0.29, 0.717) is 12.2 Å². The summed E-state index contributed by atoms with van der Waals surface area (Å²) in [5.41, 5.74) is 8.40. The maximum Gasteiger partial charge on any atom is 0.120 e. The second-order valence-corrected chi connectivity index (χ2v) is 4.42. The fourth-order valence-corrected chi connectivity index (χ4v) is 1.80. The molecule has 0 unspecified atom stereocenters. The summed E-state index contributed by atoms with van der Waals surface area (Å²) in [6.07, 6.45) is 0. The van der Waals surface area contributed by atoms with Gasteiger partial charge in [0.05, 0.1) is 11.6 Å². The molecular formula is C16H16N2O. The monoisotopic (exact) mass is 252 g/mol. The Morgan fingerprint density at radius 2 is 2.00 bits per heavy atom. The number of hydrogen-bond donors (Lipinski definition) is 1. The molecule has 3 heteroatoms. The summed E-state index contributed by atoms with van der Waals surface area (Å²) >= 11 is 0. The highest BCUT2D eigenvalue weighted by atomic mass is 16.5. The topological polar surface area (TPSA) is 59.0 Å². The number of hydrogen-bond acceptors (Lipinski definition) is 3. The van der Waals surface area contributed by atoms with Crippen LogP contribution in [0.1, 0.15) is 29.7 Å². The Morgan fingerprint density at radius 1 is 1.21 bits per heavy atom. The Labute approximate surface area is 113 Å². The molecule has 0 aliphatic heterocycles. The molecule has 0 radical (unpaired) electrons. The second kappa shape index (κ2) is 6.03. The molecule has 0 spiro atoms. The van der Waals surface area contributed by atoms with Crippen molar-refractivity contribution in [1.82, 2.24) is 0 Å². The third kappa shape index (κ3) is 3.34. The van der Waals surface area contributed by atoms with Gasteiger partial charge in [0, 0.05) is 11.6 Å². The molecule has 2 aromatic rings. The molecule has 0 heterocycles. The van der Waals surface area contributed by atoms with Gasteiger partial charge in [0.1, 0.15) is 12.4 Å². The number of nitrogens with zero attached hydrogens (tertiary/aromatic N) is 1. The fraction of sp³-hybridized carbons (Fsp3) is 0.188. The molecule has 2 N–H and O–H groups in total. The predicted molar refractivity (Wildman–Crippen MR) is 74.5 cm³/mol. The van der Waals surface area contributed by atoms with Crippen molar-refractivity contribution in [2.45, 2.75) is 19.6 Å². The van der Waals surface area contributed by atoms with E-state index in [1.54, 1.807) is 6.07 Å². The van der Waals surface area contributed by atoms with Crippen molar-refractivity contribution in [2.75, 3.05) is 0 Å². The van der Waals surface area contributed by atoms with E-state index < -0.39 is 0 Å². The lowest BCUT2D eigenvalue weighted by atomic mass is 10.1. The maximum absolute atomic E-state index is 9.01. The van der Waals surface area contributed by atoms with Crippen LogP contribution in [-0.2, 0) is 6.61 Å². The lowest BCUT2D eigenvalue weighted by Crippen LogP contribution is -2.05. The van der Waals surface area contributed by atoms with Crippen LogP contribution in [0.15, 0.2) is 48.5 Å². The first kappa shape index (κ1) is 13.1. The standard InChI is InChI=1S/C16H16N2O/c1-12(18)13-7-4-8-16(9-13)19-11-15-6-3-2-5-14(15)10-17/h2-9,12H,11,18H2,1H3/t12-/m1/s1. The zero-order valence-corrected chi connectivity index (χ0v) is 10.8. The summed E-state index contributed by atoms with van der Waals surface area (Å²) in [5, 5.41) is 9.01. The molecule has 0 saturated carbocycles. The molecule has 0 aromatic heterocycles. The van der Waals surface area contributed by atoms with Crippen LogP contribution in [0.5, 0.6) is 5.75 Å². The highest BCUT2D eigenvalue weighted by Crippen LogP contribution is 2.19. The van der Waals surface area contributed by atoms with Gasteiger partial charge >= 0.3 is 0 Å². The third-order valence-electron chi connectivity index (χ3n) is 2.92. The van der Waals surface area contributed by atoms with E-state index in [9.17, 15) is 0 Å². The molecule has 96 valence electrons. The van der Waals surface area contributed by atoms with Crippen LogP contribution in [0.3, 0.4) is 0 Å². The first-order valence-electron chi connectivity index (χ1n) is 6.17. The predicted octanol–water partition coefficient (Wildman–Crippen LogP) is 3.16. The average molecular weight is 252 g/mol. The van der Waals surface area contributed by atoms with Crippen LogP contribution in [0.25, 0.3) is 0 Å². The largest absolute Gasteiger partial charge is 0.489 e. The fourth-order valence-electron chi connectivity index (χ4n) is 1.80. The van der Waals surface area contributed by atoms with Gasteiger partial charge in [-0.05, 0) is 30.7 Å². The molecule has 0 bridgehead atoms. The zero-order chi connectivity index (χ0) is 13.7. The van der Waals surface area contributed by atoms with Gasteiger partial charge in [0.15, 0.2) is 0 Å². The quantitative estimate of drug-likeness (QED) is 0.909. The van der Waals surface area contributed by atoms with Gasteiger partial charge in [0.25, 0.3) is 0 Å². The summed E-state index contributed by atoms with van der Waals surface area (Å²) in [4.78, 5) is 0. The minimum Gasteiger partial charge on any atom is -0.489 e. The van der Waals surface area contributed by atoms with E-state index >= 15 is 0 Å². The lowest BCUT2D eigenvalue weighted by molar-refractivity contribution is 0.305. The second-order valence-electron chi connectivity index (χ2n) is 4.42. The highest BCUT2D eigenvalue weighted by Gasteiger charge is 2.04. The van der Waals surface area contributed by atoms with E-state index in [1.165, 1.54) is 0 Å². The Bertz CT molecular complexity index is 600. The molecule has 2 aromatic carbocycles. The van der Waals surface area contributed by atoms with E-state index in [-0.39, 0.29) is 6.04 Å². The van der Waals surface area contributed by atoms with Crippen molar-refractivity contribution < 1.29 is 4.74 Å². The van der Waals surface area contributed by atoms with Crippen LogP contribution in [-0.4, -0.2) is 0 Å². The Kier molecular flexibility index (Phi) is 4.17. The molecule has 19 heavy (non-hydrogen) atoms. The normalized spacial score (nSPS) is 11.6. The number of rotatable bonds is 4. The smallest absolute Gasteiger partial charge is 0.120 e. The first-order chi connectivity index (χ1) is 9.20. The number of nitriles is 1. The van der Waals surface area contributed by atoms with E-state index in [2.05, 4.69) is 6.07 Å². The molecule has 2 rings (SSSR count).